The molecular formula is C21H14F7N3. The molecule has 0 amide bonds. The van der Waals surface area contributed by atoms with Crippen LogP contribution in [0.1, 0.15) is 22.4 Å². The van der Waals surface area contributed by atoms with Crippen molar-refractivity contribution in [2.75, 3.05) is 5.43 Å². The fourth-order valence-electron chi connectivity index (χ4n) is 3.22. The Morgan fingerprint density at radius 1 is 1.06 bits per heavy atom. The second-order valence-corrected chi connectivity index (χ2v) is 6.68. The first-order valence-corrected chi connectivity index (χ1v) is 8.74. The molecule has 0 aliphatic carbocycles. The molecular weight excluding hydrogens is 427 g/mol. The standard InChI is InChI=1S/C21H14F7N3/c1-4-7-31-11(3)13(12-8-10(2)5-6-14(12)31)9-29-30-20-18(24)16(22)15(21(26,27)28)17(23)19(20)25/h1,5-6,8-9,30H,7H2,2-3H3/b29-9+. The molecule has 3 rings (SSSR count). The van der Waals surface area contributed by atoms with Gasteiger partial charge >= 0.3 is 6.18 Å². The van der Waals surface area contributed by atoms with E-state index in [1.807, 2.05) is 25.1 Å². The number of fused-ring (bicyclic) bond motifs is 1. The molecule has 2 aromatic carbocycles. The minimum Gasteiger partial charge on any atom is -0.333 e. The summed E-state index contributed by atoms with van der Waals surface area (Å²) in [6.07, 6.45) is 0.905. The molecule has 1 heterocycles. The third kappa shape index (κ3) is 3.83. The number of hydrogen-bond donors (Lipinski definition) is 1. The van der Waals surface area contributed by atoms with E-state index < -0.39 is 40.7 Å². The van der Waals surface area contributed by atoms with Crippen LogP contribution in [-0.4, -0.2) is 10.8 Å². The Kier molecular flexibility index (Phi) is 5.72. The maximum atomic E-state index is 14.0. The van der Waals surface area contributed by atoms with Crippen LogP contribution < -0.4 is 5.43 Å². The molecule has 0 atom stereocenters. The smallest absolute Gasteiger partial charge is 0.333 e. The van der Waals surface area contributed by atoms with Crippen molar-refractivity contribution in [1.82, 2.24) is 4.57 Å². The third-order valence-corrected chi connectivity index (χ3v) is 4.69. The van der Waals surface area contributed by atoms with Gasteiger partial charge in [0.15, 0.2) is 23.3 Å². The molecule has 0 saturated carbocycles. The highest BCUT2D eigenvalue weighted by Crippen LogP contribution is 2.38. The van der Waals surface area contributed by atoms with E-state index in [0.29, 0.717) is 16.6 Å². The van der Waals surface area contributed by atoms with Crippen molar-refractivity contribution in [2.24, 2.45) is 5.10 Å². The van der Waals surface area contributed by atoms with Crippen LogP contribution in [-0.2, 0) is 12.7 Å². The molecule has 0 aliphatic heterocycles. The number of hydrogen-bond acceptors (Lipinski definition) is 2. The molecule has 162 valence electrons. The fraction of sp³-hybridized carbons (Fsp3) is 0.190. The maximum Gasteiger partial charge on any atom is 0.422 e. The molecule has 0 spiro atoms. The van der Waals surface area contributed by atoms with Gasteiger partial charge in [0.2, 0.25) is 0 Å². The lowest BCUT2D eigenvalue weighted by Gasteiger charge is -2.13. The topological polar surface area (TPSA) is 29.3 Å². The number of aryl methyl sites for hydroxylation is 1. The summed E-state index contributed by atoms with van der Waals surface area (Å²) >= 11 is 0. The first kappa shape index (κ1) is 22.2. The molecule has 0 saturated heterocycles. The minimum absolute atomic E-state index is 0.227. The normalized spacial score (nSPS) is 12.0. The molecule has 0 unspecified atom stereocenters. The van der Waals surface area contributed by atoms with Crippen LogP contribution in [0.15, 0.2) is 23.3 Å². The predicted octanol–water partition coefficient (Wildman–Crippen LogP) is 5.91. The maximum absolute atomic E-state index is 14.0. The van der Waals surface area contributed by atoms with E-state index in [2.05, 4.69) is 11.0 Å². The second-order valence-electron chi connectivity index (χ2n) is 6.68. The third-order valence-electron chi connectivity index (χ3n) is 4.69. The van der Waals surface area contributed by atoms with Crippen molar-refractivity contribution in [3.8, 4) is 12.3 Å². The van der Waals surface area contributed by atoms with Gasteiger partial charge in [-0.2, -0.15) is 18.3 Å². The van der Waals surface area contributed by atoms with Crippen molar-refractivity contribution in [2.45, 2.75) is 26.6 Å². The SMILES string of the molecule is C#CCn1c(C)c(/C=N/Nc2c(F)c(F)c(C(F)(F)F)c(F)c2F)c2cc(C)ccc21. The zero-order valence-corrected chi connectivity index (χ0v) is 16.1. The Hall–Kier alpha value is -3.48. The number of rotatable bonds is 4. The van der Waals surface area contributed by atoms with E-state index in [-0.39, 0.29) is 6.54 Å². The lowest BCUT2D eigenvalue weighted by atomic mass is 10.1. The Labute approximate surface area is 172 Å². The van der Waals surface area contributed by atoms with Crippen molar-refractivity contribution in [3.63, 3.8) is 0 Å². The highest BCUT2D eigenvalue weighted by molar-refractivity contribution is 6.01. The summed E-state index contributed by atoms with van der Waals surface area (Å²) in [6, 6.07) is 5.49. The van der Waals surface area contributed by atoms with E-state index in [9.17, 15) is 30.7 Å². The molecule has 0 fully saturated rings. The van der Waals surface area contributed by atoms with E-state index in [1.165, 1.54) is 0 Å². The van der Waals surface area contributed by atoms with Crippen molar-refractivity contribution in [1.29, 1.82) is 0 Å². The highest BCUT2D eigenvalue weighted by Gasteiger charge is 2.42. The first-order chi connectivity index (χ1) is 14.5. The number of anilines is 1. The Balaban J connectivity index is 2.06. The van der Waals surface area contributed by atoms with Gasteiger partial charge in [-0.15, -0.1) is 6.42 Å². The lowest BCUT2D eigenvalue weighted by molar-refractivity contribution is -0.143. The van der Waals surface area contributed by atoms with Gasteiger partial charge in [-0.1, -0.05) is 17.6 Å². The summed E-state index contributed by atoms with van der Waals surface area (Å²) in [4.78, 5) is 0. The van der Waals surface area contributed by atoms with E-state index in [4.69, 9.17) is 6.42 Å². The molecule has 1 N–H and O–H groups in total. The van der Waals surface area contributed by atoms with Gasteiger partial charge < -0.3 is 4.57 Å². The quantitative estimate of drug-likeness (QED) is 0.176. The number of benzene rings is 2. The van der Waals surface area contributed by atoms with Crippen LogP contribution in [0.2, 0.25) is 0 Å². The summed E-state index contributed by atoms with van der Waals surface area (Å²) in [7, 11) is 0. The van der Waals surface area contributed by atoms with Gasteiger partial charge in [-0.05, 0) is 26.0 Å². The van der Waals surface area contributed by atoms with Gasteiger partial charge in [0.05, 0.1) is 12.8 Å². The van der Waals surface area contributed by atoms with Gasteiger partial charge in [-0.3, -0.25) is 5.43 Å². The lowest BCUT2D eigenvalue weighted by Crippen LogP contribution is -2.16. The van der Waals surface area contributed by atoms with Crippen LogP contribution in [0.5, 0.6) is 0 Å². The van der Waals surface area contributed by atoms with Crippen LogP contribution in [0, 0.1) is 49.5 Å². The average molecular weight is 441 g/mol. The summed E-state index contributed by atoms with van der Waals surface area (Å²) < 4.78 is 95.3. The number of halogens is 7. The number of nitrogens with zero attached hydrogens (tertiary/aromatic N) is 2. The zero-order chi connectivity index (χ0) is 23.1. The van der Waals surface area contributed by atoms with Gasteiger partial charge in [0.25, 0.3) is 0 Å². The molecule has 0 radical (unpaired) electrons. The zero-order valence-electron chi connectivity index (χ0n) is 16.1. The number of alkyl halides is 3. The van der Waals surface area contributed by atoms with Crippen LogP contribution in [0.25, 0.3) is 10.9 Å². The number of aromatic nitrogens is 1. The first-order valence-electron chi connectivity index (χ1n) is 8.74. The fourth-order valence-corrected chi connectivity index (χ4v) is 3.22. The van der Waals surface area contributed by atoms with Crippen LogP contribution >= 0.6 is 0 Å². The Bertz CT molecular complexity index is 1220. The molecule has 3 nitrogen and oxygen atoms in total. The van der Waals surface area contributed by atoms with Crippen LogP contribution in [0.4, 0.5) is 36.4 Å². The van der Waals surface area contributed by atoms with E-state index >= 15 is 0 Å². The number of nitrogens with one attached hydrogen (secondary N) is 1. The predicted molar refractivity (Wildman–Crippen MR) is 103 cm³/mol. The molecule has 3 aromatic rings. The molecule has 10 heteroatoms. The summed E-state index contributed by atoms with van der Waals surface area (Å²) in [5.74, 6) is -7.13. The molecule has 31 heavy (non-hydrogen) atoms. The Morgan fingerprint density at radius 2 is 1.68 bits per heavy atom. The number of terminal acetylenes is 1. The second kappa shape index (κ2) is 7.98. The minimum atomic E-state index is -5.62. The molecule has 1 aromatic heterocycles. The highest BCUT2D eigenvalue weighted by atomic mass is 19.4. The number of hydrazone groups is 1. The average Bonchev–Trinajstić information content (AvgIpc) is 2.93. The van der Waals surface area contributed by atoms with Gasteiger partial charge in [0.1, 0.15) is 11.3 Å². The van der Waals surface area contributed by atoms with Crippen molar-refractivity contribution in [3.05, 3.63) is 63.9 Å². The molecule has 0 bridgehead atoms. The summed E-state index contributed by atoms with van der Waals surface area (Å²) in [5.41, 5.74) is 0.422. The van der Waals surface area contributed by atoms with Crippen molar-refractivity contribution < 1.29 is 30.7 Å². The monoisotopic (exact) mass is 441 g/mol. The molecule has 0 aliphatic rings. The van der Waals surface area contributed by atoms with Gasteiger partial charge in [0, 0.05) is 22.2 Å². The Morgan fingerprint density at radius 3 is 2.23 bits per heavy atom. The van der Waals surface area contributed by atoms with E-state index in [0.717, 1.165) is 17.3 Å². The summed E-state index contributed by atoms with van der Waals surface area (Å²) in [5, 5.41) is 4.29. The summed E-state index contributed by atoms with van der Waals surface area (Å²) in [6.45, 7) is 3.78. The van der Waals surface area contributed by atoms with Crippen LogP contribution in [0.3, 0.4) is 0 Å². The van der Waals surface area contributed by atoms with E-state index in [1.54, 1.807) is 16.9 Å². The van der Waals surface area contributed by atoms with Gasteiger partial charge in [-0.25, -0.2) is 17.6 Å². The van der Waals surface area contributed by atoms with Crippen molar-refractivity contribution >= 4 is 22.8 Å². The largest absolute Gasteiger partial charge is 0.422 e.